The number of anilines is 1. The number of benzene rings is 2. The first kappa shape index (κ1) is 32.2. The van der Waals surface area contributed by atoms with E-state index in [2.05, 4.69) is 47.4 Å². The molecule has 1 aliphatic heterocycles. The number of hydrogen-bond donors (Lipinski definition) is 0. The quantitative estimate of drug-likeness (QED) is 0.419. The van der Waals surface area contributed by atoms with E-state index in [1.807, 2.05) is 79.3 Å². The first-order chi connectivity index (χ1) is 15.7. The van der Waals surface area contributed by atoms with E-state index >= 15 is 0 Å². The van der Waals surface area contributed by atoms with Gasteiger partial charge in [0.15, 0.2) is 0 Å². The predicted octanol–water partition coefficient (Wildman–Crippen LogP) is 8.27. The van der Waals surface area contributed by atoms with E-state index < -0.39 is 0 Å². The third kappa shape index (κ3) is 12.8. The first-order valence-corrected chi connectivity index (χ1v) is 13.2. The van der Waals surface area contributed by atoms with Crippen LogP contribution in [0.5, 0.6) is 0 Å². The predicted molar refractivity (Wildman–Crippen MR) is 145 cm³/mol. The minimum atomic E-state index is -0.187. The maximum atomic E-state index is 11.4. The van der Waals surface area contributed by atoms with Crippen LogP contribution in [0.2, 0.25) is 0 Å². The maximum absolute atomic E-state index is 11.4. The molecule has 2 aromatic carbocycles. The van der Waals surface area contributed by atoms with Crippen molar-refractivity contribution in [2.45, 2.75) is 84.8 Å². The molecule has 0 amide bonds. The van der Waals surface area contributed by atoms with Gasteiger partial charge in [-0.3, -0.25) is 4.79 Å². The Hall–Kier alpha value is -1.94. The fourth-order valence-corrected chi connectivity index (χ4v) is 4.24. The van der Waals surface area contributed by atoms with Gasteiger partial charge in [0.1, 0.15) is 0 Å². The van der Waals surface area contributed by atoms with E-state index in [9.17, 15) is 4.79 Å². The lowest BCUT2D eigenvalue weighted by Gasteiger charge is -2.33. The average Bonchev–Trinajstić information content (AvgIpc) is 2.90. The molecule has 3 nitrogen and oxygen atoms in total. The number of carbonyl (C=O) groups excluding carboxylic acids is 1. The fourth-order valence-electron chi connectivity index (χ4n) is 3.03. The number of thioether (sulfide) groups is 1. The summed E-state index contributed by atoms with van der Waals surface area (Å²) in [4.78, 5) is 15.1. The van der Waals surface area contributed by atoms with Crippen molar-refractivity contribution in [3.63, 3.8) is 0 Å². The van der Waals surface area contributed by atoms with E-state index in [4.69, 9.17) is 4.74 Å². The number of rotatable bonds is 5. The normalized spacial score (nSPS) is 12.2. The number of nitrogens with zero attached hydrogens (tertiary/aromatic N) is 1. The van der Waals surface area contributed by atoms with E-state index in [1.165, 1.54) is 30.5 Å². The van der Waals surface area contributed by atoms with Crippen LogP contribution >= 0.6 is 11.8 Å². The summed E-state index contributed by atoms with van der Waals surface area (Å²) in [5, 5.41) is 0.637. The van der Waals surface area contributed by atoms with E-state index in [-0.39, 0.29) is 5.97 Å². The molecular weight excluding hydrogens is 414 g/mol. The van der Waals surface area contributed by atoms with Gasteiger partial charge >= 0.3 is 5.97 Å². The highest BCUT2D eigenvalue weighted by atomic mass is 32.2. The molecule has 3 rings (SSSR count). The van der Waals surface area contributed by atoms with Crippen molar-refractivity contribution in [1.82, 2.24) is 0 Å². The summed E-state index contributed by atoms with van der Waals surface area (Å²) >= 11 is 1.93. The summed E-state index contributed by atoms with van der Waals surface area (Å²) in [6.07, 6.45) is 2.71. The lowest BCUT2D eigenvalue weighted by molar-refractivity contribution is -0.139. The number of methoxy groups -OCH3 is 1. The first-order valence-electron chi connectivity index (χ1n) is 12.4. The fraction of sp³-hybridized carbons (Fsp3) is 0.536. The lowest BCUT2D eigenvalue weighted by Crippen LogP contribution is -2.34. The van der Waals surface area contributed by atoms with Crippen molar-refractivity contribution in [2.75, 3.05) is 25.1 Å². The summed E-state index contributed by atoms with van der Waals surface area (Å²) in [6.45, 7) is 18.2. The highest BCUT2D eigenvalue weighted by Crippen LogP contribution is 2.32. The van der Waals surface area contributed by atoms with Crippen LogP contribution in [0.3, 0.4) is 0 Å². The second-order valence-corrected chi connectivity index (χ2v) is 7.41. The van der Waals surface area contributed by atoms with Crippen molar-refractivity contribution in [3.05, 3.63) is 60.2 Å². The Kier molecular flexibility index (Phi) is 22.4. The van der Waals surface area contributed by atoms with Gasteiger partial charge < -0.3 is 9.64 Å². The van der Waals surface area contributed by atoms with Gasteiger partial charge in [-0.25, -0.2) is 0 Å². The van der Waals surface area contributed by atoms with Crippen LogP contribution in [0.1, 0.15) is 73.8 Å². The standard InChI is InChI=1S/C20H23NO2S.4C2H6/c1-23-20(22)15-16-6-5-9-19(14-16)24-18-10-12-21(13-11-18)17-7-3-2-4-8-17;4*1-2/h2-9,14,18H,10-13,15H2,1H3;4*1-2H3. The zero-order valence-electron chi connectivity index (χ0n) is 22.0. The molecule has 0 spiro atoms. The monoisotopic (exact) mass is 461 g/mol. The molecule has 0 saturated carbocycles. The second-order valence-electron chi connectivity index (χ2n) is 6.04. The zero-order valence-corrected chi connectivity index (χ0v) is 22.8. The van der Waals surface area contributed by atoms with Crippen LogP contribution in [0, 0.1) is 0 Å². The Bertz CT molecular complexity index is 668. The van der Waals surface area contributed by atoms with Crippen molar-refractivity contribution >= 4 is 23.4 Å². The number of carbonyl (C=O) groups is 1. The molecule has 0 radical (unpaired) electrons. The number of piperidine rings is 1. The SMILES string of the molecule is CC.CC.CC.CC.COC(=O)Cc1cccc(SC2CCN(c3ccccc3)CC2)c1. The van der Waals surface area contributed by atoms with Gasteiger partial charge in [-0.1, -0.05) is 85.7 Å². The molecule has 4 heteroatoms. The van der Waals surface area contributed by atoms with Crippen molar-refractivity contribution in [1.29, 1.82) is 0 Å². The summed E-state index contributed by atoms with van der Waals surface area (Å²) in [5.74, 6) is -0.187. The summed E-state index contributed by atoms with van der Waals surface area (Å²) in [5.41, 5.74) is 2.34. The largest absolute Gasteiger partial charge is 0.469 e. The molecule has 0 unspecified atom stereocenters. The average molecular weight is 462 g/mol. The smallest absolute Gasteiger partial charge is 0.309 e. The van der Waals surface area contributed by atoms with Crippen LogP contribution in [0.25, 0.3) is 0 Å². The van der Waals surface area contributed by atoms with Gasteiger partial charge in [0.05, 0.1) is 13.5 Å². The molecule has 1 saturated heterocycles. The summed E-state index contributed by atoms with van der Waals surface area (Å²) in [6, 6.07) is 18.9. The van der Waals surface area contributed by atoms with Crippen molar-refractivity contribution in [3.8, 4) is 0 Å². The minimum absolute atomic E-state index is 0.187. The van der Waals surface area contributed by atoms with Gasteiger partial charge in [0.2, 0.25) is 0 Å². The minimum Gasteiger partial charge on any atom is -0.469 e. The van der Waals surface area contributed by atoms with Crippen molar-refractivity contribution < 1.29 is 9.53 Å². The topological polar surface area (TPSA) is 29.5 Å². The van der Waals surface area contributed by atoms with E-state index in [0.717, 1.165) is 18.7 Å². The molecule has 0 aliphatic carbocycles. The molecule has 0 bridgehead atoms. The number of ether oxygens (including phenoxy) is 1. The Morgan fingerprint density at radius 1 is 0.875 bits per heavy atom. The molecule has 0 atom stereocenters. The van der Waals surface area contributed by atoms with Crippen LogP contribution in [-0.4, -0.2) is 31.4 Å². The van der Waals surface area contributed by atoms with Crippen LogP contribution in [0.15, 0.2) is 59.5 Å². The molecule has 0 aromatic heterocycles. The Morgan fingerprint density at radius 3 is 1.97 bits per heavy atom. The highest BCUT2D eigenvalue weighted by molar-refractivity contribution is 8.00. The van der Waals surface area contributed by atoms with Gasteiger partial charge in [0.25, 0.3) is 0 Å². The third-order valence-electron chi connectivity index (χ3n) is 4.34. The van der Waals surface area contributed by atoms with Gasteiger partial charge in [-0.15, -0.1) is 11.8 Å². The molecule has 32 heavy (non-hydrogen) atoms. The van der Waals surface area contributed by atoms with Crippen LogP contribution in [-0.2, 0) is 16.0 Å². The maximum Gasteiger partial charge on any atom is 0.309 e. The van der Waals surface area contributed by atoms with E-state index in [1.54, 1.807) is 0 Å². The van der Waals surface area contributed by atoms with Crippen LogP contribution < -0.4 is 4.90 Å². The van der Waals surface area contributed by atoms with Gasteiger partial charge in [0, 0.05) is 28.9 Å². The van der Waals surface area contributed by atoms with Crippen molar-refractivity contribution in [2.24, 2.45) is 0 Å². The number of para-hydroxylation sites is 1. The van der Waals surface area contributed by atoms with Gasteiger partial charge in [-0.05, 0) is 42.7 Å². The molecule has 1 aliphatic rings. The Labute approximate surface area is 203 Å². The Morgan fingerprint density at radius 2 is 1.44 bits per heavy atom. The second kappa shape index (κ2) is 22.3. The molecular formula is C28H47NO2S. The van der Waals surface area contributed by atoms with E-state index in [0.29, 0.717) is 11.7 Å². The number of esters is 1. The molecule has 2 aromatic rings. The lowest BCUT2D eigenvalue weighted by atomic mass is 10.1. The zero-order chi connectivity index (χ0) is 24.8. The molecule has 182 valence electrons. The molecule has 0 N–H and O–H groups in total. The number of hydrogen-bond acceptors (Lipinski definition) is 4. The molecule has 1 heterocycles. The van der Waals surface area contributed by atoms with Crippen LogP contribution in [0.4, 0.5) is 5.69 Å². The molecule has 1 fully saturated rings. The highest BCUT2D eigenvalue weighted by Gasteiger charge is 2.20. The summed E-state index contributed by atoms with van der Waals surface area (Å²) < 4.78 is 4.75. The summed E-state index contributed by atoms with van der Waals surface area (Å²) in [7, 11) is 1.43. The Balaban J connectivity index is 0. The third-order valence-corrected chi connectivity index (χ3v) is 5.67. The van der Waals surface area contributed by atoms with Gasteiger partial charge in [-0.2, -0.15) is 0 Å².